The van der Waals surface area contributed by atoms with Crippen molar-refractivity contribution in [2.24, 2.45) is 22.7 Å². The molecule has 0 amide bonds. The minimum absolute atomic E-state index is 0.153. The zero-order valence-corrected chi connectivity index (χ0v) is 28.1. The SMILES string of the molecule is CC(C)(C)C1=CC2C=CC3=C4C(=C(C5=CC6=C(C=C(C7=CC8=C(CC7)C7=C(C=CCC7)C8(C)C)CC6)CC5)CC3)C=CC(=C1)C42. The average Bonchev–Trinajstić information content (AvgIpc) is 3.28. The van der Waals surface area contributed by atoms with Gasteiger partial charge in [0.25, 0.3) is 0 Å². The van der Waals surface area contributed by atoms with Crippen LogP contribution in [0.25, 0.3) is 0 Å². The molecule has 0 aromatic heterocycles. The first kappa shape index (κ1) is 27.9. The summed E-state index contributed by atoms with van der Waals surface area (Å²) in [7, 11) is 0. The third-order valence-electron chi connectivity index (χ3n) is 12.6. The number of fused-ring (bicyclic) bond motifs is 1. The Balaban J connectivity index is 1.03. The van der Waals surface area contributed by atoms with Crippen molar-refractivity contribution in [2.75, 3.05) is 0 Å². The van der Waals surface area contributed by atoms with Gasteiger partial charge in [0, 0.05) is 17.3 Å². The molecule has 0 heteroatoms. The smallest absolute Gasteiger partial charge is 0.0196 e. The van der Waals surface area contributed by atoms with Gasteiger partial charge in [-0.25, -0.2) is 0 Å². The predicted molar refractivity (Wildman–Crippen MR) is 189 cm³/mol. The van der Waals surface area contributed by atoms with E-state index in [2.05, 4.69) is 101 Å². The Morgan fingerprint density at radius 1 is 0.622 bits per heavy atom. The van der Waals surface area contributed by atoms with Crippen LogP contribution in [0.2, 0.25) is 0 Å². The summed E-state index contributed by atoms with van der Waals surface area (Å²) in [6.07, 6.45) is 39.7. The minimum atomic E-state index is 0.153. The molecule has 0 bridgehead atoms. The highest BCUT2D eigenvalue weighted by atomic mass is 14.4. The summed E-state index contributed by atoms with van der Waals surface area (Å²) in [5.41, 5.74) is 24.5. The molecular formula is C45H48. The second-order valence-corrected chi connectivity index (χ2v) is 16.5. The summed E-state index contributed by atoms with van der Waals surface area (Å²) in [6, 6.07) is 0. The van der Waals surface area contributed by atoms with Crippen LogP contribution < -0.4 is 0 Å². The highest BCUT2D eigenvalue weighted by molar-refractivity contribution is 5.68. The van der Waals surface area contributed by atoms with Crippen LogP contribution in [-0.4, -0.2) is 0 Å². The lowest BCUT2D eigenvalue weighted by molar-refractivity contribution is 0.489. The Hall–Kier alpha value is -3.38. The van der Waals surface area contributed by atoms with Gasteiger partial charge in [-0.05, 0) is 153 Å². The molecule has 9 aliphatic rings. The van der Waals surface area contributed by atoms with Gasteiger partial charge in [-0.2, -0.15) is 0 Å². The van der Waals surface area contributed by atoms with Crippen molar-refractivity contribution in [3.63, 3.8) is 0 Å². The zero-order valence-electron chi connectivity index (χ0n) is 28.1. The van der Waals surface area contributed by atoms with Crippen LogP contribution in [0.15, 0.2) is 150 Å². The van der Waals surface area contributed by atoms with Crippen molar-refractivity contribution in [1.82, 2.24) is 0 Å². The van der Waals surface area contributed by atoms with Crippen LogP contribution in [0.3, 0.4) is 0 Å². The highest BCUT2D eigenvalue weighted by Crippen LogP contribution is 2.56. The van der Waals surface area contributed by atoms with Crippen LogP contribution in [0.1, 0.15) is 98.8 Å². The summed E-state index contributed by atoms with van der Waals surface area (Å²) in [5.74, 6) is 0.994. The molecule has 0 aliphatic heterocycles. The lowest BCUT2D eigenvalue weighted by Gasteiger charge is -2.42. The monoisotopic (exact) mass is 588 g/mol. The Labute approximate surface area is 271 Å². The fourth-order valence-electron chi connectivity index (χ4n) is 10.1. The Morgan fingerprint density at radius 2 is 1.31 bits per heavy atom. The van der Waals surface area contributed by atoms with Gasteiger partial charge in [0.1, 0.15) is 0 Å². The van der Waals surface area contributed by atoms with E-state index in [-0.39, 0.29) is 10.8 Å². The predicted octanol–water partition coefficient (Wildman–Crippen LogP) is 12.1. The van der Waals surface area contributed by atoms with Gasteiger partial charge in [0.2, 0.25) is 0 Å². The van der Waals surface area contributed by atoms with Crippen LogP contribution in [-0.2, 0) is 0 Å². The molecule has 9 rings (SSSR count). The van der Waals surface area contributed by atoms with E-state index in [0.29, 0.717) is 11.8 Å². The van der Waals surface area contributed by atoms with Crippen molar-refractivity contribution < 1.29 is 0 Å². The number of hydrogen-bond acceptors (Lipinski definition) is 0. The van der Waals surface area contributed by atoms with Crippen LogP contribution >= 0.6 is 0 Å². The fourth-order valence-corrected chi connectivity index (χ4v) is 10.1. The molecule has 45 heavy (non-hydrogen) atoms. The molecule has 0 nitrogen and oxygen atoms in total. The van der Waals surface area contributed by atoms with Gasteiger partial charge in [-0.3, -0.25) is 0 Å². The van der Waals surface area contributed by atoms with E-state index in [4.69, 9.17) is 0 Å². The molecule has 0 spiro atoms. The van der Waals surface area contributed by atoms with Crippen LogP contribution in [0.4, 0.5) is 0 Å². The molecule has 228 valence electrons. The molecule has 0 heterocycles. The van der Waals surface area contributed by atoms with Gasteiger partial charge < -0.3 is 0 Å². The third kappa shape index (κ3) is 4.23. The zero-order chi connectivity index (χ0) is 30.7. The minimum Gasteiger partial charge on any atom is -0.0839 e. The Bertz CT molecular complexity index is 1870. The van der Waals surface area contributed by atoms with Gasteiger partial charge in [-0.1, -0.05) is 101 Å². The molecule has 0 saturated carbocycles. The molecule has 0 radical (unpaired) electrons. The largest absolute Gasteiger partial charge is 0.0839 e. The van der Waals surface area contributed by atoms with Gasteiger partial charge >= 0.3 is 0 Å². The standard InChI is InChI=1S/C45H48/c1-44(2,3)35-24-33-15-10-27-16-19-36(39-21-18-34(25-35)42(33)43(27)39)32-14-13-28-22-29(11-12-30(28)23-32)31-17-20-38-37-8-6-7-9-40(37)45(4,5)41(38)26-31/h7,9-10,15,18,21-26,33,42H,6,8,11-14,16-17,19-20H2,1-5H3. The van der Waals surface area contributed by atoms with Gasteiger partial charge in [0.15, 0.2) is 0 Å². The van der Waals surface area contributed by atoms with E-state index in [9.17, 15) is 0 Å². The first-order chi connectivity index (χ1) is 21.7. The van der Waals surface area contributed by atoms with E-state index in [1.165, 1.54) is 75.4 Å². The van der Waals surface area contributed by atoms with E-state index in [1.54, 1.807) is 72.5 Å². The molecular weight excluding hydrogens is 540 g/mol. The molecule has 2 unspecified atom stereocenters. The summed E-state index contributed by atoms with van der Waals surface area (Å²) in [5, 5.41) is 0. The molecule has 0 aromatic rings. The van der Waals surface area contributed by atoms with Crippen LogP contribution in [0.5, 0.6) is 0 Å². The highest BCUT2D eigenvalue weighted by Gasteiger charge is 2.41. The van der Waals surface area contributed by atoms with E-state index in [1.807, 2.05) is 0 Å². The third-order valence-corrected chi connectivity index (χ3v) is 12.6. The summed E-state index contributed by atoms with van der Waals surface area (Å²) in [4.78, 5) is 0. The molecule has 0 N–H and O–H groups in total. The molecule has 0 saturated heterocycles. The van der Waals surface area contributed by atoms with E-state index < -0.39 is 0 Å². The number of rotatable bonds is 2. The molecule has 0 aromatic carbocycles. The van der Waals surface area contributed by atoms with Crippen molar-refractivity contribution in [3.05, 3.63) is 150 Å². The van der Waals surface area contributed by atoms with Crippen molar-refractivity contribution >= 4 is 0 Å². The molecule has 9 aliphatic carbocycles. The van der Waals surface area contributed by atoms with Gasteiger partial charge in [-0.15, -0.1) is 0 Å². The van der Waals surface area contributed by atoms with E-state index in [0.717, 1.165) is 0 Å². The van der Waals surface area contributed by atoms with Crippen molar-refractivity contribution in [2.45, 2.75) is 98.8 Å². The number of allylic oxidation sites excluding steroid dienone is 26. The lowest BCUT2D eigenvalue weighted by atomic mass is 9.62. The second-order valence-electron chi connectivity index (χ2n) is 16.5. The fraction of sp³-hybridized carbons (Fsp3) is 0.422. The van der Waals surface area contributed by atoms with Gasteiger partial charge in [0.05, 0.1) is 0 Å². The maximum Gasteiger partial charge on any atom is 0.0196 e. The first-order valence-corrected chi connectivity index (χ1v) is 17.9. The van der Waals surface area contributed by atoms with Crippen LogP contribution in [0, 0.1) is 22.7 Å². The topological polar surface area (TPSA) is 0 Å². The lowest BCUT2D eigenvalue weighted by Crippen LogP contribution is -2.29. The Morgan fingerprint density at radius 3 is 2.13 bits per heavy atom. The summed E-state index contributed by atoms with van der Waals surface area (Å²) >= 11 is 0. The average molecular weight is 589 g/mol. The maximum absolute atomic E-state index is 2.63. The van der Waals surface area contributed by atoms with Crippen molar-refractivity contribution in [1.29, 1.82) is 0 Å². The van der Waals surface area contributed by atoms with Crippen molar-refractivity contribution in [3.8, 4) is 0 Å². The second kappa shape index (κ2) is 9.81. The molecule has 2 atom stereocenters. The quantitative estimate of drug-likeness (QED) is 0.301. The summed E-state index contributed by atoms with van der Waals surface area (Å²) in [6.45, 7) is 12.0. The Kier molecular flexibility index (Phi) is 6.08. The number of hydrogen-bond donors (Lipinski definition) is 0. The van der Waals surface area contributed by atoms with E-state index >= 15 is 0 Å². The summed E-state index contributed by atoms with van der Waals surface area (Å²) < 4.78 is 0. The normalized spacial score (nSPS) is 29.6. The molecule has 0 fully saturated rings. The first-order valence-electron chi connectivity index (χ1n) is 17.9. The maximum atomic E-state index is 2.63.